The van der Waals surface area contributed by atoms with E-state index in [9.17, 15) is 4.79 Å². The van der Waals surface area contributed by atoms with Crippen molar-refractivity contribution in [1.82, 2.24) is 0 Å². The molecule has 1 saturated heterocycles. The number of fused-ring (bicyclic) bond motifs is 2. The highest BCUT2D eigenvalue weighted by Gasteiger charge is 2.38. The Morgan fingerprint density at radius 2 is 1.74 bits per heavy atom. The van der Waals surface area contributed by atoms with Gasteiger partial charge in [0.15, 0.2) is 19.8 Å². The molecule has 254 valence electrons. The number of allylic oxidation sites excluding steroid dienone is 2. The van der Waals surface area contributed by atoms with Crippen molar-refractivity contribution in [2.24, 2.45) is 0 Å². The summed E-state index contributed by atoms with van der Waals surface area (Å²) >= 11 is 0. The van der Waals surface area contributed by atoms with Crippen molar-refractivity contribution >= 4 is 14.3 Å². The molecule has 0 saturated carbocycles. The van der Waals surface area contributed by atoms with Gasteiger partial charge in [0, 0.05) is 12.5 Å². The minimum Gasteiger partial charge on any atom is -0.493 e. The lowest BCUT2D eigenvalue weighted by molar-refractivity contribution is -0.146. The zero-order chi connectivity index (χ0) is 33.9. The molecule has 1 aromatic carbocycles. The summed E-state index contributed by atoms with van der Waals surface area (Å²) in [6, 6.07) is 5.67. The van der Waals surface area contributed by atoms with E-state index >= 15 is 0 Å². The van der Waals surface area contributed by atoms with Gasteiger partial charge in [0.1, 0.15) is 6.10 Å². The SMILES string of the molecule is C=C1C[C@H]2C/C=C/[C@H](O[Si](C)(C)C(C)(C)C)C/C(C)=C\C=C\C(=O)OC(COCc3ccc(OC)c(OC)c3)C/C(C)=C/[C@@H](C1)O2. The predicted molar refractivity (Wildman–Crippen MR) is 188 cm³/mol. The average Bonchev–Trinajstić information content (AvgIpc) is 2.95. The third-order valence-corrected chi connectivity index (χ3v) is 13.3. The molecule has 1 fully saturated rings. The van der Waals surface area contributed by atoms with Crippen molar-refractivity contribution in [3.63, 3.8) is 0 Å². The second kappa shape index (κ2) is 17.3. The smallest absolute Gasteiger partial charge is 0.331 e. The van der Waals surface area contributed by atoms with Crippen LogP contribution in [-0.2, 0) is 30.0 Å². The first-order valence-corrected chi connectivity index (χ1v) is 19.3. The van der Waals surface area contributed by atoms with Crippen LogP contribution in [0.1, 0.15) is 72.3 Å². The van der Waals surface area contributed by atoms with Crippen LogP contribution in [-0.4, -0.2) is 59.5 Å². The topological polar surface area (TPSA) is 72.5 Å². The van der Waals surface area contributed by atoms with Gasteiger partial charge < -0.3 is 28.1 Å². The van der Waals surface area contributed by atoms with E-state index in [-0.39, 0.29) is 30.0 Å². The number of hydrogen-bond acceptors (Lipinski definition) is 7. The predicted octanol–water partition coefficient (Wildman–Crippen LogP) is 8.82. The lowest BCUT2D eigenvalue weighted by Crippen LogP contribution is -2.43. The van der Waals surface area contributed by atoms with Crippen LogP contribution in [0, 0.1) is 0 Å². The molecule has 4 atom stereocenters. The number of hydrogen-bond donors (Lipinski definition) is 0. The number of methoxy groups -OCH3 is 2. The number of benzene rings is 1. The van der Waals surface area contributed by atoms with Gasteiger partial charge in [0.2, 0.25) is 0 Å². The Labute approximate surface area is 278 Å². The van der Waals surface area contributed by atoms with Crippen LogP contribution in [0.5, 0.6) is 11.5 Å². The largest absolute Gasteiger partial charge is 0.493 e. The Balaban J connectivity index is 1.81. The fourth-order valence-corrected chi connectivity index (χ4v) is 6.67. The third kappa shape index (κ3) is 12.0. The summed E-state index contributed by atoms with van der Waals surface area (Å²) in [5.41, 5.74) is 4.31. The van der Waals surface area contributed by atoms with Gasteiger partial charge in [-0.15, -0.1) is 0 Å². The maximum atomic E-state index is 13.0. The van der Waals surface area contributed by atoms with E-state index in [1.165, 1.54) is 11.6 Å². The van der Waals surface area contributed by atoms with E-state index < -0.39 is 20.4 Å². The Hall–Kier alpha value is -2.91. The molecule has 7 nitrogen and oxygen atoms in total. The standard InChI is InChI=1S/C38H56O7Si/c1-27-13-11-16-37(39)44-34(26-42-25-30-17-18-35(40-7)36(24-30)41-8)23-29(3)22-33-21-28(2)20-31(43-33)14-12-15-32(19-27)45-46(9,10)38(4,5)6/h11-13,15-18,22,24,31-34H,2,14,19-21,23,25-26H2,1,3-10H3/b15-12+,16-11+,27-13-,29-22+/t31-,32+,33-,34?/m1/s1. The number of ether oxygens (including phenoxy) is 5. The minimum atomic E-state index is -2.01. The first kappa shape index (κ1) is 37.5. The molecule has 0 N–H and O–H groups in total. The van der Waals surface area contributed by atoms with Crippen LogP contribution in [0.2, 0.25) is 18.1 Å². The van der Waals surface area contributed by atoms with E-state index in [0.717, 1.165) is 42.4 Å². The molecule has 3 rings (SSSR count). The van der Waals surface area contributed by atoms with E-state index in [2.05, 4.69) is 65.6 Å². The molecule has 1 aromatic rings. The van der Waals surface area contributed by atoms with Crippen molar-refractivity contribution in [2.75, 3.05) is 20.8 Å². The molecule has 0 aromatic heterocycles. The maximum absolute atomic E-state index is 13.0. The highest BCUT2D eigenvalue weighted by atomic mass is 28.4. The number of carbonyl (C=O) groups is 1. The molecule has 46 heavy (non-hydrogen) atoms. The highest BCUT2D eigenvalue weighted by Crippen LogP contribution is 2.38. The first-order chi connectivity index (χ1) is 21.7. The summed E-state index contributed by atoms with van der Waals surface area (Å²) in [7, 11) is 1.20. The van der Waals surface area contributed by atoms with Gasteiger partial charge in [-0.2, -0.15) is 0 Å². The zero-order valence-electron chi connectivity index (χ0n) is 29.5. The van der Waals surface area contributed by atoms with Crippen LogP contribution in [0.3, 0.4) is 0 Å². The molecule has 2 aliphatic heterocycles. The maximum Gasteiger partial charge on any atom is 0.331 e. The fourth-order valence-electron chi connectivity index (χ4n) is 5.39. The molecule has 0 spiro atoms. The Bertz CT molecular complexity index is 1300. The van der Waals surface area contributed by atoms with E-state index in [1.807, 2.05) is 31.2 Å². The van der Waals surface area contributed by atoms with Crippen molar-refractivity contribution in [1.29, 1.82) is 0 Å². The summed E-state index contributed by atoms with van der Waals surface area (Å²) in [6.45, 7) is 20.4. The van der Waals surface area contributed by atoms with Crippen LogP contribution >= 0.6 is 0 Å². The van der Waals surface area contributed by atoms with E-state index in [4.69, 9.17) is 28.1 Å². The molecular weight excluding hydrogens is 596 g/mol. The zero-order valence-corrected chi connectivity index (χ0v) is 30.5. The van der Waals surface area contributed by atoms with Crippen LogP contribution in [0.25, 0.3) is 0 Å². The number of rotatable bonds is 8. The molecule has 0 radical (unpaired) electrons. The van der Waals surface area contributed by atoms with Crippen LogP contribution < -0.4 is 9.47 Å². The van der Waals surface area contributed by atoms with Gasteiger partial charge in [-0.05, 0) is 75.4 Å². The van der Waals surface area contributed by atoms with Gasteiger partial charge in [-0.25, -0.2) is 4.79 Å². The molecule has 2 heterocycles. The molecule has 0 aliphatic carbocycles. The third-order valence-electron chi connectivity index (χ3n) is 8.83. The van der Waals surface area contributed by atoms with Crippen LogP contribution in [0.15, 0.2) is 78.0 Å². The molecule has 0 amide bonds. The summed E-state index contributed by atoms with van der Waals surface area (Å²) in [5, 5.41) is 0.0948. The van der Waals surface area contributed by atoms with Gasteiger partial charge in [0.05, 0.1) is 45.7 Å². The van der Waals surface area contributed by atoms with Gasteiger partial charge in [-0.3, -0.25) is 0 Å². The van der Waals surface area contributed by atoms with E-state index in [0.29, 0.717) is 24.5 Å². The first-order valence-electron chi connectivity index (χ1n) is 16.4. The number of carbonyl (C=O) groups excluding carboxylic acids is 1. The van der Waals surface area contributed by atoms with Crippen molar-refractivity contribution in [3.8, 4) is 11.5 Å². The van der Waals surface area contributed by atoms with E-state index in [1.54, 1.807) is 20.3 Å². The lowest BCUT2D eigenvalue weighted by Gasteiger charge is -2.39. The Morgan fingerprint density at radius 3 is 2.43 bits per heavy atom. The average molecular weight is 653 g/mol. The van der Waals surface area contributed by atoms with Gasteiger partial charge in [0.25, 0.3) is 0 Å². The van der Waals surface area contributed by atoms with Crippen molar-refractivity contribution in [2.45, 2.75) is 116 Å². The Kier molecular flexibility index (Phi) is 14.1. The normalized spacial score (nSPS) is 27.6. The number of cyclic esters (lactones) is 1. The fraction of sp³-hybridized carbons (Fsp3) is 0.553. The van der Waals surface area contributed by atoms with Gasteiger partial charge in [-0.1, -0.05) is 80.5 Å². The molecule has 1 unspecified atom stereocenters. The van der Waals surface area contributed by atoms with Gasteiger partial charge >= 0.3 is 5.97 Å². The second-order valence-electron chi connectivity index (χ2n) is 14.1. The quantitative estimate of drug-likeness (QED) is 0.158. The summed E-state index contributed by atoms with van der Waals surface area (Å²) in [5.74, 6) is 0.888. The minimum absolute atomic E-state index is 0.0528. The monoisotopic (exact) mass is 652 g/mol. The van der Waals surface area contributed by atoms with Crippen molar-refractivity contribution < 1.29 is 32.9 Å². The summed E-state index contributed by atoms with van der Waals surface area (Å²) in [6.07, 6.45) is 14.9. The summed E-state index contributed by atoms with van der Waals surface area (Å²) < 4.78 is 36.1. The molecular formula is C38H56O7Si. The number of esters is 1. The van der Waals surface area contributed by atoms with Crippen molar-refractivity contribution in [3.05, 3.63) is 83.5 Å². The Morgan fingerprint density at radius 1 is 1.00 bits per heavy atom. The molecule has 8 heteroatoms. The second-order valence-corrected chi connectivity index (χ2v) is 18.8. The molecule has 2 aliphatic rings. The van der Waals surface area contributed by atoms with Crippen LogP contribution in [0.4, 0.5) is 0 Å². The lowest BCUT2D eigenvalue weighted by atomic mass is 9.95. The summed E-state index contributed by atoms with van der Waals surface area (Å²) in [4.78, 5) is 13.0. The highest BCUT2D eigenvalue weighted by molar-refractivity contribution is 6.74. The molecule has 2 bridgehead atoms.